The normalized spacial score (nSPS) is 17.2. The number of nitro benzene ring substituents is 1. The number of rotatable bonds is 3. The van der Waals surface area contributed by atoms with Gasteiger partial charge in [-0.05, 0) is 25.0 Å². The largest absolute Gasteiger partial charge is 0.366 e. The number of hydrogen-bond acceptors (Lipinski definition) is 5. The zero-order valence-corrected chi connectivity index (χ0v) is 11.8. The zero-order chi connectivity index (χ0) is 14.9. The molecule has 1 aromatic rings. The lowest BCUT2D eigenvalue weighted by Gasteiger charge is -2.30. The van der Waals surface area contributed by atoms with E-state index in [2.05, 4.69) is 0 Å². The fraction of sp³-hybridized carbons (Fsp3) is 0.500. The Hall–Kier alpha value is -1.70. The molecule has 0 saturated carbocycles. The molecular weight excluding hydrogens is 287 g/mol. The molecule has 20 heavy (non-hydrogen) atoms. The van der Waals surface area contributed by atoms with Gasteiger partial charge in [0.15, 0.2) is 9.84 Å². The predicted molar refractivity (Wildman–Crippen MR) is 72.5 cm³/mol. The maximum absolute atomic E-state index is 13.1. The van der Waals surface area contributed by atoms with Crippen molar-refractivity contribution < 1.29 is 17.7 Å². The van der Waals surface area contributed by atoms with Crippen LogP contribution in [0.4, 0.5) is 15.8 Å². The number of halogens is 1. The fourth-order valence-electron chi connectivity index (χ4n) is 2.24. The number of benzene rings is 1. The highest BCUT2D eigenvalue weighted by Gasteiger charge is 2.26. The zero-order valence-electron chi connectivity index (χ0n) is 11.0. The monoisotopic (exact) mass is 302 g/mol. The Morgan fingerprint density at radius 2 is 1.95 bits per heavy atom. The molecule has 0 atom stereocenters. The third kappa shape index (κ3) is 3.06. The summed E-state index contributed by atoms with van der Waals surface area (Å²) in [5, 5.41) is 11.1. The molecule has 0 bridgehead atoms. The van der Waals surface area contributed by atoms with Crippen LogP contribution < -0.4 is 4.90 Å². The summed E-state index contributed by atoms with van der Waals surface area (Å²) in [6.07, 6.45) is 0.775. The maximum atomic E-state index is 13.1. The van der Waals surface area contributed by atoms with Crippen LogP contribution in [-0.4, -0.2) is 38.9 Å². The molecule has 110 valence electrons. The molecule has 0 aliphatic carbocycles. The van der Waals surface area contributed by atoms with Crippen LogP contribution in [0.2, 0.25) is 0 Å². The van der Waals surface area contributed by atoms with Crippen LogP contribution in [0.5, 0.6) is 0 Å². The van der Waals surface area contributed by atoms with E-state index >= 15 is 0 Å². The van der Waals surface area contributed by atoms with Gasteiger partial charge in [0.25, 0.3) is 5.69 Å². The molecular formula is C12H15FN2O4S. The number of nitrogens with zero attached hydrogens (tertiary/aromatic N) is 2. The first kappa shape index (κ1) is 14.7. The lowest BCUT2D eigenvalue weighted by molar-refractivity contribution is -0.384. The number of hydrogen-bond donors (Lipinski definition) is 0. The minimum absolute atomic E-state index is 0.0895. The minimum atomic E-state index is -3.50. The highest BCUT2D eigenvalue weighted by Crippen LogP contribution is 2.32. The molecule has 0 spiro atoms. The third-order valence-corrected chi connectivity index (χ3v) is 4.45. The first-order valence-corrected chi connectivity index (χ1v) is 8.05. The average molecular weight is 302 g/mol. The lowest BCUT2D eigenvalue weighted by Crippen LogP contribution is -2.34. The molecule has 0 unspecified atom stereocenters. The van der Waals surface area contributed by atoms with Crippen molar-refractivity contribution in [3.63, 3.8) is 0 Å². The Labute approximate surface area is 116 Å². The highest BCUT2D eigenvalue weighted by atomic mass is 32.2. The van der Waals surface area contributed by atoms with E-state index in [9.17, 15) is 22.9 Å². The van der Waals surface area contributed by atoms with Gasteiger partial charge >= 0.3 is 0 Å². The van der Waals surface area contributed by atoms with Crippen molar-refractivity contribution in [2.24, 2.45) is 0 Å². The fourth-order valence-corrected chi connectivity index (χ4v) is 2.88. The summed E-state index contributed by atoms with van der Waals surface area (Å²) in [4.78, 5) is 12.1. The van der Waals surface area contributed by atoms with Gasteiger partial charge in [-0.15, -0.1) is 0 Å². The smallest absolute Gasteiger partial charge is 0.293 e. The van der Waals surface area contributed by atoms with Crippen LogP contribution in [0.3, 0.4) is 0 Å². The van der Waals surface area contributed by atoms with Gasteiger partial charge in [-0.3, -0.25) is 10.1 Å². The van der Waals surface area contributed by atoms with Crippen molar-refractivity contribution in [3.8, 4) is 0 Å². The first-order chi connectivity index (χ1) is 9.29. The number of alkyl halides is 1. The summed E-state index contributed by atoms with van der Waals surface area (Å²) < 4.78 is 36.0. The third-order valence-electron chi connectivity index (χ3n) is 3.34. The van der Waals surface area contributed by atoms with Crippen LogP contribution in [-0.2, 0) is 9.84 Å². The van der Waals surface area contributed by atoms with Gasteiger partial charge < -0.3 is 4.90 Å². The number of piperidine rings is 1. The van der Waals surface area contributed by atoms with Crippen molar-refractivity contribution in [3.05, 3.63) is 28.3 Å². The second-order valence-corrected chi connectivity index (χ2v) is 6.86. The first-order valence-electron chi connectivity index (χ1n) is 6.16. The molecule has 0 amide bonds. The molecule has 8 heteroatoms. The maximum Gasteiger partial charge on any atom is 0.293 e. The summed E-state index contributed by atoms with van der Waals surface area (Å²) in [5.74, 6) is 0. The molecule has 1 heterocycles. The summed E-state index contributed by atoms with van der Waals surface area (Å²) in [6.45, 7) is 0.778. The Morgan fingerprint density at radius 3 is 2.45 bits per heavy atom. The van der Waals surface area contributed by atoms with E-state index in [-0.39, 0.29) is 10.6 Å². The van der Waals surface area contributed by atoms with E-state index in [1.807, 2.05) is 0 Å². The van der Waals surface area contributed by atoms with Crippen molar-refractivity contribution >= 4 is 21.2 Å². The number of nitro groups is 1. The number of sulfone groups is 1. The Balaban J connectivity index is 2.41. The van der Waals surface area contributed by atoms with Crippen LogP contribution >= 0.6 is 0 Å². The van der Waals surface area contributed by atoms with E-state index in [1.165, 1.54) is 12.1 Å². The Kier molecular flexibility index (Phi) is 3.94. The summed E-state index contributed by atoms with van der Waals surface area (Å²) in [7, 11) is -3.50. The molecule has 6 nitrogen and oxygen atoms in total. The topological polar surface area (TPSA) is 80.5 Å². The summed E-state index contributed by atoms with van der Waals surface area (Å²) >= 11 is 0. The Bertz CT molecular complexity index is 624. The SMILES string of the molecule is CS(=O)(=O)c1ccc(N2CCC(F)CC2)c([N+](=O)[O-])c1. The molecule has 0 aromatic heterocycles. The van der Waals surface area contributed by atoms with E-state index < -0.39 is 20.9 Å². The van der Waals surface area contributed by atoms with Crippen LogP contribution in [0.25, 0.3) is 0 Å². The molecule has 1 aromatic carbocycles. The lowest BCUT2D eigenvalue weighted by atomic mass is 10.1. The van der Waals surface area contributed by atoms with E-state index in [0.717, 1.165) is 12.3 Å². The van der Waals surface area contributed by atoms with Crippen molar-refractivity contribution in [2.45, 2.75) is 23.9 Å². The standard InChI is InChI=1S/C12H15FN2O4S/c1-20(18,19)10-2-3-11(12(8-10)15(16)17)14-6-4-9(13)5-7-14/h2-3,8-9H,4-7H2,1H3. The van der Waals surface area contributed by atoms with Gasteiger partial charge in [-0.2, -0.15) is 0 Å². The van der Waals surface area contributed by atoms with Crippen LogP contribution in [0, 0.1) is 10.1 Å². The minimum Gasteiger partial charge on any atom is -0.366 e. The Morgan fingerprint density at radius 1 is 1.35 bits per heavy atom. The molecule has 0 radical (unpaired) electrons. The van der Waals surface area contributed by atoms with Crippen LogP contribution in [0.1, 0.15) is 12.8 Å². The molecule has 2 rings (SSSR count). The second-order valence-electron chi connectivity index (χ2n) is 4.84. The van der Waals surface area contributed by atoms with Gasteiger partial charge in [-0.1, -0.05) is 0 Å². The van der Waals surface area contributed by atoms with E-state index in [1.54, 1.807) is 4.90 Å². The number of anilines is 1. The van der Waals surface area contributed by atoms with Gasteiger partial charge in [0.2, 0.25) is 0 Å². The second kappa shape index (κ2) is 5.35. The van der Waals surface area contributed by atoms with Crippen molar-refractivity contribution in [1.29, 1.82) is 0 Å². The molecule has 1 saturated heterocycles. The van der Waals surface area contributed by atoms with Gasteiger partial charge in [0.1, 0.15) is 11.9 Å². The summed E-state index contributed by atoms with van der Waals surface area (Å²) in [5.41, 5.74) is 0.0829. The van der Waals surface area contributed by atoms with Crippen molar-refractivity contribution in [1.82, 2.24) is 0 Å². The van der Waals surface area contributed by atoms with Crippen molar-refractivity contribution in [2.75, 3.05) is 24.2 Å². The van der Waals surface area contributed by atoms with Crippen LogP contribution in [0.15, 0.2) is 23.1 Å². The molecule has 0 N–H and O–H groups in total. The summed E-state index contributed by atoms with van der Waals surface area (Å²) in [6, 6.07) is 3.83. The average Bonchev–Trinajstić information content (AvgIpc) is 2.38. The predicted octanol–water partition coefficient (Wildman–Crippen LogP) is 1.94. The molecule has 1 aliphatic heterocycles. The quantitative estimate of drug-likeness (QED) is 0.629. The van der Waals surface area contributed by atoms with E-state index in [4.69, 9.17) is 0 Å². The highest BCUT2D eigenvalue weighted by molar-refractivity contribution is 7.90. The van der Waals surface area contributed by atoms with Gasteiger partial charge in [0, 0.05) is 25.4 Å². The van der Waals surface area contributed by atoms with E-state index in [0.29, 0.717) is 31.6 Å². The molecule has 1 fully saturated rings. The van der Waals surface area contributed by atoms with Gasteiger partial charge in [-0.25, -0.2) is 12.8 Å². The molecule has 1 aliphatic rings. The van der Waals surface area contributed by atoms with Gasteiger partial charge in [0.05, 0.1) is 9.82 Å².